The number of thiophene rings is 1. The van der Waals surface area contributed by atoms with Gasteiger partial charge in [-0.05, 0) is 78.0 Å². The smallest absolute Gasteiger partial charge is 0.305 e. The minimum atomic E-state index is -0.154. The highest BCUT2D eigenvalue weighted by atomic mass is 32.1. The number of anilines is 1. The molecule has 1 aliphatic heterocycles. The van der Waals surface area contributed by atoms with Gasteiger partial charge in [0.2, 0.25) is 5.95 Å². The predicted molar refractivity (Wildman–Crippen MR) is 123 cm³/mol. The summed E-state index contributed by atoms with van der Waals surface area (Å²) in [4.78, 5) is 23.1. The molecular formula is C23H34N4O2S. The molecule has 7 heteroatoms. The Morgan fingerprint density at radius 2 is 1.97 bits per heavy atom. The van der Waals surface area contributed by atoms with Gasteiger partial charge in [0.25, 0.3) is 0 Å². The maximum Gasteiger partial charge on any atom is 0.305 e. The number of esters is 1. The molecule has 0 unspecified atom stereocenters. The molecular weight excluding hydrogens is 396 g/mol. The molecule has 6 nitrogen and oxygen atoms in total. The molecule has 3 heterocycles. The first-order valence-corrected chi connectivity index (χ1v) is 11.4. The summed E-state index contributed by atoms with van der Waals surface area (Å²) in [5.74, 6) is 0.535. The summed E-state index contributed by atoms with van der Waals surface area (Å²) in [6.07, 6.45) is 6.06. The first kappa shape index (κ1) is 22.7. The minimum Gasteiger partial charge on any atom is -0.469 e. The molecule has 3 rings (SSSR count). The Morgan fingerprint density at radius 1 is 1.27 bits per heavy atom. The first-order valence-electron chi connectivity index (χ1n) is 10.6. The lowest BCUT2D eigenvalue weighted by Gasteiger charge is -2.46. The van der Waals surface area contributed by atoms with Gasteiger partial charge in [-0.1, -0.05) is 0 Å². The van der Waals surface area contributed by atoms with Gasteiger partial charge in [0.15, 0.2) is 0 Å². The van der Waals surface area contributed by atoms with Crippen molar-refractivity contribution < 1.29 is 9.53 Å². The highest BCUT2D eigenvalue weighted by Crippen LogP contribution is 2.32. The number of rotatable bonds is 7. The van der Waals surface area contributed by atoms with E-state index >= 15 is 0 Å². The molecule has 1 saturated heterocycles. The molecule has 2 aromatic rings. The van der Waals surface area contributed by atoms with Gasteiger partial charge in [-0.2, -0.15) is 0 Å². The van der Waals surface area contributed by atoms with E-state index in [2.05, 4.69) is 55.4 Å². The Morgan fingerprint density at radius 3 is 2.63 bits per heavy atom. The van der Waals surface area contributed by atoms with Gasteiger partial charge in [-0.15, -0.1) is 11.3 Å². The van der Waals surface area contributed by atoms with Crippen molar-refractivity contribution in [2.24, 2.45) is 0 Å². The van der Waals surface area contributed by atoms with E-state index in [9.17, 15) is 4.79 Å². The van der Waals surface area contributed by atoms with Crippen LogP contribution in [0.4, 0.5) is 5.95 Å². The third kappa shape index (κ3) is 6.01. The number of ether oxygens (including phenoxy) is 1. The molecule has 2 N–H and O–H groups in total. The Bertz CT molecular complexity index is 875. The third-order valence-electron chi connectivity index (χ3n) is 5.42. The average molecular weight is 431 g/mol. The zero-order valence-corrected chi connectivity index (χ0v) is 19.8. The number of aromatic nitrogens is 2. The van der Waals surface area contributed by atoms with Gasteiger partial charge in [-0.25, -0.2) is 9.97 Å². The highest BCUT2D eigenvalue weighted by Gasteiger charge is 2.37. The fourth-order valence-electron chi connectivity index (χ4n) is 4.52. The molecule has 0 atom stereocenters. The van der Waals surface area contributed by atoms with Crippen LogP contribution >= 0.6 is 11.3 Å². The number of nitrogens with one attached hydrogen (secondary N) is 2. The number of hydrogen-bond acceptors (Lipinski definition) is 7. The van der Waals surface area contributed by atoms with Crippen LogP contribution in [0, 0.1) is 6.92 Å². The lowest BCUT2D eigenvalue weighted by molar-refractivity contribution is -0.140. The van der Waals surface area contributed by atoms with Gasteiger partial charge in [0.1, 0.15) is 0 Å². The maximum atomic E-state index is 11.3. The van der Waals surface area contributed by atoms with Crippen molar-refractivity contribution in [1.82, 2.24) is 15.3 Å². The van der Waals surface area contributed by atoms with Crippen LogP contribution < -0.4 is 10.6 Å². The van der Waals surface area contributed by atoms with Gasteiger partial charge in [-0.3, -0.25) is 4.79 Å². The van der Waals surface area contributed by atoms with Gasteiger partial charge < -0.3 is 15.4 Å². The van der Waals surface area contributed by atoms with Crippen LogP contribution in [-0.2, 0) is 16.0 Å². The zero-order chi connectivity index (χ0) is 21.9. The van der Waals surface area contributed by atoms with E-state index in [4.69, 9.17) is 9.72 Å². The van der Waals surface area contributed by atoms with Gasteiger partial charge >= 0.3 is 5.97 Å². The van der Waals surface area contributed by atoms with Gasteiger partial charge in [0.05, 0.1) is 17.7 Å². The van der Waals surface area contributed by atoms with Crippen LogP contribution in [0.15, 0.2) is 18.3 Å². The summed E-state index contributed by atoms with van der Waals surface area (Å²) >= 11 is 1.73. The Balaban J connectivity index is 1.71. The quantitative estimate of drug-likeness (QED) is 0.619. The summed E-state index contributed by atoms with van der Waals surface area (Å²) < 4.78 is 4.72. The van der Waals surface area contributed by atoms with E-state index in [1.54, 1.807) is 11.3 Å². The second-order valence-electron chi connectivity index (χ2n) is 9.56. The van der Waals surface area contributed by atoms with E-state index in [0.717, 1.165) is 41.8 Å². The number of hydrogen-bond donors (Lipinski definition) is 2. The Hall–Kier alpha value is -1.99. The largest absolute Gasteiger partial charge is 0.469 e. The molecule has 1 fully saturated rings. The van der Waals surface area contributed by atoms with E-state index in [0.29, 0.717) is 18.4 Å². The van der Waals surface area contributed by atoms with Crippen LogP contribution in [0.5, 0.6) is 0 Å². The normalized spacial score (nSPS) is 18.2. The summed E-state index contributed by atoms with van der Waals surface area (Å²) in [5, 5.41) is 7.30. The van der Waals surface area contributed by atoms with E-state index in [1.807, 2.05) is 13.1 Å². The van der Waals surface area contributed by atoms with Crippen LogP contribution in [-0.4, -0.2) is 40.2 Å². The van der Waals surface area contributed by atoms with E-state index in [1.165, 1.54) is 12.0 Å². The topological polar surface area (TPSA) is 76.1 Å². The second kappa shape index (κ2) is 9.02. The number of piperidine rings is 1. The highest BCUT2D eigenvalue weighted by molar-refractivity contribution is 7.15. The van der Waals surface area contributed by atoms with Crippen molar-refractivity contribution in [3.63, 3.8) is 0 Å². The summed E-state index contributed by atoms with van der Waals surface area (Å²) in [5.41, 5.74) is 2.18. The molecule has 0 spiro atoms. The van der Waals surface area contributed by atoms with E-state index in [-0.39, 0.29) is 17.0 Å². The number of nitrogens with zero attached hydrogens (tertiary/aromatic N) is 2. The predicted octanol–water partition coefficient (Wildman–Crippen LogP) is 4.73. The molecule has 30 heavy (non-hydrogen) atoms. The van der Waals surface area contributed by atoms with Crippen molar-refractivity contribution in [3.05, 3.63) is 28.8 Å². The molecule has 0 amide bonds. The molecule has 0 radical (unpaired) electrons. The standard InChI is InChI=1S/C23H34N4O2S/c1-15-14-24-21(25-16-12-22(2,3)27-23(4,5)13-16)26-20(15)18-11-10-17(30-18)8-7-9-19(28)29-6/h10-11,14,16,27H,7-9,12-13H2,1-6H3,(H,24,25,26). The van der Waals surface area contributed by atoms with Crippen molar-refractivity contribution in [3.8, 4) is 10.6 Å². The summed E-state index contributed by atoms with van der Waals surface area (Å²) in [6, 6.07) is 4.57. The molecule has 0 aliphatic carbocycles. The molecule has 164 valence electrons. The maximum absolute atomic E-state index is 11.3. The number of methoxy groups -OCH3 is 1. The molecule has 1 aliphatic rings. The summed E-state index contributed by atoms with van der Waals surface area (Å²) in [6.45, 7) is 11.0. The third-order valence-corrected chi connectivity index (χ3v) is 6.57. The van der Waals surface area contributed by atoms with Crippen molar-refractivity contribution in [1.29, 1.82) is 0 Å². The SMILES string of the molecule is COC(=O)CCCc1ccc(-c2nc(NC3CC(C)(C)NC(C)(C)C3)ncc2C)s1. The van der Waals surface area contributed by atoms with E-state index < -0.39 is 0 Å². The van der Waals surface area contributed by atoms with Crippen LogP contribution in [0.25, 0.3) is 10.6 Å². The average Bonchev–Trinajstić information content (AvgIpc) is 3.09. The Labute approximate surface area is 183 Å². The lowest BCUT2D eigenvalue weighted by Crippen LogP contribution is -2.60. The summed E-state index contributed by atoms with van der Waals surface area (Å²) in [7, 11) is 1.43. The van der Waals surface area contributed by atoms with Crippen LogP contribution in [0.3, 0.4) is 0 Å². The van der Waals surface area contributed by atoms with Crippen molar-refractivity contribution in [2.75, 3.05) is 12.4 Å². The van der Waals surface area contributed by atoms with Crippen molar-refractivity contribution in [2.45, 2.75) is 83.8 Å². The van der Waals surface area contributed by atoms with Crippen LogP contribution in [0.2, 0.25) is 0 Å². The monoisotopic (exact) mass is 430 g/mol. The molecule has 0 saturated carbocycles. The minimum absolute atomic E-state index is 0.0692. The number of carbonyl (C=O) groups is 1. The zero-order valence-electron chi connectivity index (χ0n) is 19.0. The molecule has 0 bridgehead atoms. The van der Waals surface area contributed by atoms with Crippen molar-refractivity contribution >= 4 is 23.3 Å². The lowest BCUT2D eigenvalue weighted by atomic mass is 9.80. The number of aryl methyl sites for hydroxylation is 2. The molecule has 2 aromatic heterocycles. The molecule has 0 aromatic carbocycles. The second-order valence-corrected chi connectivity index (χ2v) is 10.7. The number of carbonyl (C=O) groups excluding carboxylic acids is 1. The fraction of sp³-hybridized carbons (Fsp3) is 0.609. The van der Waals surface area contributed by atoms with Gasteiger partial charge in [0, 0.05) is 34.6 Å². The van der Waals surface area contributed by atoms with Crippen LogP contribution in [0.1, 0.15) is 63.8 Å². The first-order chi connectivity index (χ1) is 14.1. The fourth-order valence-corrected chi connectivity index (χ4v) is 5.62. The Kier molecular flexibility index (Phi) is 6.82.